The summed E-state index contributed by atoms with van der Waals surface area (Å²) in [6.07, 6.45) is 20.9. The zero-order valence-corrected chi connectivity index (χ0v) is 13.9. The van der Waals surface area contributed by atoms with E-state index in [9.17, 15) is 5.11 Å². The molecule has 0 aliphatic heterocycles. The van der Waals surface area contributed by atoms with Crippen LogP contribution in [0.3, 0.4) is 0 Å². The Kier molecular flexibility index (Phi) is 2.99. The molecule has 2 saturated carbocycles. The summed E-state index contributed by atoms with van der Waals surface area (Å²) in [7, 11) is 0. The third-order valence-corrected chi connectivity index (χ3v) is 8.04. The first-order chi connectivity index (χ1) is 10.4. The fraction of sp³-hybridized carbons (Fsp3) is 0.714. The summed E-state index contributed by atoms with van der Waals surface area (Å²) in [6, 6.07) is 0. The molecular weight excluding hydrogens is 268 g/mol. The fourth-order valence-electron chi connectivity index (χ4n) is 6.55. The molecule has 0 amide bonds. The molecule has 1 nitrogen and oxygen atoms in total. The predicted octanol–water partition coefficient (Wildman–Crippen LogP) is 4.48. The van der Waals surface area contributed by atoms with Gasteiger partial charge in [0.05, 0.1) is 0 Å². The molecule has 0 aromatic heterocycles. The van der Waals surface area contributed by atoms with Gasteiger partial charge in [-0.3, -0.25) is 0 Å². The maximum absolute atomic E-state index is 11.0. The Balaban J connectivity index is 1.73. The van der Waals surface area contributed by atoms with Crippen LogP contribution in [0.15, 0.2) is 23.8 Å². The predicted molar refractivity (Wildman–Crippen MR) is 90.0 cm³/mol. The monoisotopic (exact) mass is 296 g/mol. The summed E-state index contributed by atoms with van der Waals surface area (Å²) in [5.74, 6) is 4.84. The van der Waals surface area contributed by atoms with Crippen molar-refractivity contribution in [3.8, 4) is 12.3 Å². The molecule has 1 heteroatoms. The lowest BCUT2D eigenvalue weighted by Crippen LogP contribution is -2.53. The Morgan fingerprint density at radius 3 is 2.73 bits per heavy atom. The van der Waals surface area contributed by atoms with E-state index in [0.29, 0.717) is 17.3 Å². The van der Waals surface area contributed by atoms with Crippen molar-refractivity contribution >= 4 is 0 Å². The highest BCUT2D eigenvalue weighted by Gasteiger charge is 2.62. The zero-order chi connectivity index (χ0) is 15.6. The molecule has 22 heavy (non-hydrogen) atoms. The van der Waals surface area contributed by atoms with Crippen LogP contribution in [0.4, 0.5) is 0 Å². The summed E-state index contributed by atoms with van der Waals surface area (Å²) >= 11 is 0. The second-order valence-corrected chi connectivity index (χ2v) is 8.63. The number of hydrogen-bond acceptors (Lipinski definition) is 1. The maximum Gasteiger partial charge on any atom is 0.130 e. The topological polar surface area (TPSA) is 20.2 Å². The van der Waals surface area contributed by atoms with E-state index in [4.69, 9.17) is 6.42 Å². The smallest absolute Gasteiger partial charge is 0.130 e. The van der Waals surface area contributed by atoms with Crippen LogP contribution in [0.2, 0.25) is 0 Å². The average Bonchev–Trinajstić information content (AvgIpc) is 2.79. The van der Waals surface area contributed by atoms with Crippen molar-refractivity contribution in [3.05, 3.63) is 23.8 Å². The molecule has 2 fully saturated rings. The van der Waals surface area contributed by atoms with Gasteiger partial charge in [0.1, 0.15) is 5.60 Å². The summed E-state index contributed by atoms with van der Waals surface area (Å²) in [4.78, 5) is 0. The molecule has 0 unspecified atom stereocenters. The van der Waals surface area contributed by atoms with Crippen molar-refractivity contribution in [2.24, 2.45) is 28.6 Å². The van der Waals surface area contributed by atoms with E-state index in [1.165, 1.54) is 25.7 Å². The van der Waals surface area contributed by atoms with Gasteiger partial charge < -0.3 is 5.11 Å². The van der Waals surface area contributed by atoms with Gasteiger partial charge in [-0.2, -0.15) is 0 Å². The number of allylic oxidation sites excluding steroid dienone is 4. The second-order valence-electron chi connectivity index (χ2n) is 8.63. The third-order valence-electron chi connectivity index (χ3n) is 8.04. The number of fused-ring (bicyclic) bond motifs is 5. The van der Waals surface area contributed by atoms with Crippen LogP contribution in [0.25, 0.3) is 0 Å². The Bertz CT molecular complexity index is 594. The molecule has 1 N–H and O–H groups in total. The molecule has 0 radical (unpaired) electrons. The quantitative estimate of drug-likeness (QED) is 0.653. The van der Waals surface area contributed by atoms with Crippen LogP contribution in [-0.4, -0.2) is 10.7 Å². The fourth-order valence-corrected chi connectivity index (χ4v) is 6.55. The zero-order valence-electron chi connectivity index (χ0n) is 13.9. The van der Waals surface area contributed by atoms with Gasteiger partial charge in [0.15, 0.2) is 0 Å². The van der Waals surface area contributed by atoms with Gasteiger partial charge in [-0.15, -0.1) is 6.42 Å². The van der Waals surface area contributed by atoms with E-state index in [1.807, 2.05) is 0 Å². The average molecular weight is 296 g/mol. The lowest BCUT2D eigenvalue weighted by atomic mass is 9.47. The summed E-state index contributed by atoms with van der Waals surface area (Å²) in [5.41, 5.74) is 0.985. The molecule has 6 atom stereocenters. The van der Waals surface area contributed by atoms with Crippen molar-refractivity contribution in [3.63, 3.8) is 0 Å². The van der Waals surface area contributed by atoms with E-state index in [1.54, 1.807) is 5.57 Å². The number of rotatable bonds is 0. The minimum absolute atomic E-state index is 0.0743. The van der Waals surface area contributed by atoms with E-state index in [0.717, 1.165) is 25.2 Å². The van der Waals surface area contributed by atoms with Gasteiger partial charge in [0.25, 0.3) is 0 Å². The molecule has 0 saturated heterocycles. The van der Waals surface area contributed by atoms with Crippen LogP contribution in [0, 0.1) is 40.9 Å². The minimum Gasteiger partial charge on any atom is -0.377 e. The normalized spacial score (nSPS) is 53.0. The Hall–Kier alpha value is -1.00. The molecule has 4 aliphatic carbocycles. The molecule has 0 heterocycles. The lowest BCUT2D eigenvalue weighted by Gasteiger charge is -2.57. The van der Waals surface area contributed by atoms with Gasteiger partial charge in [0.2, 0.25) is 0 Å². The SMILES string of the molecule is C#C[C@]1(O)CC[C@H]2[C@@H]3CC=C4C=CCC[C@]4(C)[C@H]3CC[C@@]21C. The molecule has 0 aromatic rings. The molecular formula is C21H28O. The van der Waals surface area contributed by atoms with Crippen LogP contribution < -0.4 is 0 Å². The van der Waals surface area contributed by atoms with Crippen molar-refractivity contribution in [1.29, 1.82) is 0 Å². The van der Waals surface area contributed by atoms with Gasteiger partial charge >= 0.3 is 0 Å². The molecule has 0 bridgehead atoms. The van der Waals surface area contributed by atoms with E-state index < -0.39 is 5.60 Å². The molecule has 4 aliphatic rings. The van der Waals surface area contributed by atoms with Gasteiger partial charge in [0, 0.05) is 5.41 Å². The highest BCUT2D eigenvalue weighted by Crippen LogP contribution is 2.66. The van der Waals surface area contributed by atoms with Crippen molar-refractivity contribution < 1.29 is 5.11 Å². The van der Waals surface area contributed by atoms with Crippen LogP contribution in [0.5, 0.6) is 0 Å². The Labute approximate surface area is 134 Å². The van der Waals surface area contributed by atoms with Gasteiger partial charge in [-0.25, -0.2) is 0 Å². The maximum atomic E-state index is 11.0. The first kappa shape index (κ1) is 14.6. The number of terminal acetylenes is 1. The minimum atomic E-state index is -0.875. The van der Waals surface area contributed by atoms with Crippen molar-refractivity contribution in [1.82, 2.24) is 0 Å². The summed E-state index contributed by atoms with van der Waals surface area (Å²) in [6.45, 7) is 4.76. The van der Waals surface area contributed by atoms with E-state index >= 15 is 0 Å². The molecule has 0 spiro atoms. The summed E-state index contributed by atoms with van der Waals surface area (Å²) in [5, 5.41) is 11.0. The number of aliphatic hydroxyl groups is 1. The van der Waals surface area contributed by atoms with Crippen LogP contribution in [-0.2, 0) is 0 Å². The summed E-state index contributed by atoms with van der Waals surface area (Å²) < 4.78 is 0. The van der Waals surface area contributed by atoms with Gasteiger partial charge in [-0.05, 0) is 73.7 Å². The lowest BCUT2D eigenvalue weighted by molar-refractivity contribution is -0.0917. The molecule has 118 valence electrons. The van der Waals surface area contributed by atoms with Crippen LogP contribution >= 0.6 is 0 Å². The standard InChI is InChI=1S/C21H28O/c1-4-21(22)14-11-18-16-9-8-15-7-5-6-12-19(15,2)17(16)10-13-20(18,21)3/h1,5,7-8,16-18,22H,6,9-14H2,2-3H3/t16-,17+,18+,19+,20+,21+/m1/s1. The van der Waals surface area contributed by atoms with E-state index in [2.05, 4.69) is 38.0 Å². The Morgan fingerprint density at radius 2 is 1.95 bits per heavy atom. The number of hydrogen-bond donors (Lipinski definition) is 1. The van der Waals surface area contributed by atoms with Crippen molar-refractivity contribution in [2.45, 2.75) is 64.4 Å². The second kappa shape index (κ2) is 4.51. The molecule has 4 rings (SSSR count). The van der Waals surface area contributed by atoms with Crippen LogP contribution in [0.1, 0.15) is 58.8 Å². The highest BCUT2D eigenvalue weighted by molar-refractivity contribution is 5.35. The third kappa shape index (κ3) is 1.60. The Morgan fingerprint density at radius 1 is 1.18 bits per heavy atom. The van der Waals surface area contributed by atoms with Gasteiger partial charge in [-0.1, -0.05) is 38.0 Å². The first-order valence-electron chi connectivity index (χ1n) is 9.02. The first-order valence-corrected chi connectivity index (χ1v) is 9.02. The van der Waals surface area contributed by atoms with E-state index in [-0.39, 0.29) is 5.41 Å². The highest BCUT2D eigenvalue weighted by atomic mass is 16.3. The molecule has 0 aromatic carbocycles. The largest absolute Gasteiger partial charge is 0.377 e. The van der Waals surface area contributed by atoms with Crippen molar-refractivity contribution in [2.75, 3.05) is 0 Å².